The maximum atomic E-state index is 5.04. The number of rotatable bonds is 7. The minimum absolute atomic E-state index is 0.717. The molecule has 0 unspecified atom stereocenters. The highest BCUT2D eigenvalue weighted by atomic mass is 16.5. The quantitative estimate of drug-likeness (QED) is 0.718. The first-order valence-electron chi connectivity index (χ1n) is 6.57. The molecule has 0 bridgehead atoms. The molecule has 5 heteroatoms. The van der Waals surface area contributed by atoms with Gasteiger partial charge in [0.2, 0.25) is 5.89 Å². The maximum absolute atomic E-state index is 5.04. The molecule has 0 amide bonds. The van der Waals surface area contributed by atoms with Crippen molar-refractivity contribution in [2.24, 2.45) is 0 Å². The molecular formula is C12H22N4O. The fourth-order valence-electron chi connectivity index (χ4n) is 2.20. The van der Waals surface area contributed by atoms with E-state index < -0.39 is 0 Å². The summed E-state index contributed by atoms with van der Waals surface area (Å²) in [4.78, 5) is 6.71. The second kappa shape index (κ2) is 6.71. The predicted octanol–water partition coefficient (Wildman–Crippen LogP) is 0.996. The summed E-state index contributed by atoms with van der Waals surface area (Å²) in [5.41, 5.74) is 0. The number of aromatic nitrogens is 2. The number of aryl methyl sites for hydroxylation is 1. The molecule has 1 fully saturated rings. The van der Waals surface area contributed by atoms with Crippen LogP contribution in [0.2, 0.25) is 0 Å². The molecule has 17 heavy (non-hydrogen) atoms. The van der Waals surface area contributed by atoms with E-state index in [1.807, 2.05) is 6.92 Å². The van der Waals surface area contributed by atoms with Gasteiger partial charge in [0.1, 0.15) is 0 Å². The second-order valence-corrected chi connectivity index (χ2v) is 4.64. The van der Waals surface area contributed by atoms with E-state index >= 15 is 0 Å². The molecular weight excluding hydrogens is 216 g/mol. The third-order valence-electron chi connectivity index (χ3n) is 3.11. The highest BCUT2D eigenvalue weighted by Gasteiger charge is 2.09. The molecule has 96 valence electrons. The fraction of sp³-hybridized carbons (Fsp3) is 0.833. The van der Waals surface area contributed by atoms with Crippen LogP contribution in [0.5, 0.6) is 0 Å². The van der Waals surface area contributed by atoms with Crippen LogP contribution in [0.25, 0.3) is 0 Å². The molecule has 0 radical (unpaired) electrons. The Hall–Kier alpha value is -0.940. The topological polar surface area (TPSA) is 54.2 Å². The van der Waals surface area contributed by atoms with E-state index in [2.05, 4.69) is 20.4 Å². The minimum atomic E-state index is 0.717. The van der Waals surface area contributed by atoms with Gasteiger partial charge in [-0.15, -0.1) is 0 Å². The van der Waals surface area contributed by atoms with Gasteiger partial charge in [-0.1, -0.05) is 5.16 Å². The van der Waals surface area contributed by atoms with E-state index in [0.717, 1.165) is 25.4 Å². The Kier molecular flexibility index (Phi) is 4.94. The van der Waals surface area contributed by atoms with Gasteiger partial charge in [0.05, 0.1) is 0 Å². The van der Waals surface area contributed by atoms with Crippen molar-refractivity contribution in [3.63, 3.8) is 0 Å². The van der Waals surface area contributed by atoms with E-state index in [1.165, 1.54) is 38.9 Å². The third kappa shape index (κ3) is 4.44. The summed E-state index contributed by atoms with van der Waals surface area (Å²) in [7, 11) is 0. The Morgan fingerprint density at radius 1 is 1.29 bits per heavy atom. The van der Waals surface area contributed by atoms with Crippen LogP contribution < -0.4 is 5.32 Å². The second-order valence-electron chi connectivity index (χ2n) is 4.64. The Morgan fingerprint density at radius 3 is 2.82 bits per heavy atom. The Labute approximate surface area is 103 Å². The van der Waals surface area contributed by atoms with E-state index in [-0.39, 0.29) is 0 Å². The number of hydrogen-bond donors (Lipinski definition) is 1. The van der Waals surface area contributed by atoms with Gasteiger partial charge >= 0.3 is 0 Å². The standard InChI is InChI=1S/C12H22N4O/c1-11-14-12(17-15-11)5-7-13-6-4-10-16-8-2-3-9-16/h13H,2-10H2,1H3. The first kappa shape index (κ1) is 12.5. The Bertz CT molecular complexity index is 320. The summed E-state index contributed by atoms with van der Waals surface area (Å²) < 4.78 is 5.04. The number of nitrogens with one attached hydrogen (secondary N) is 1. The molecule has 2 rings (SSSR count). The predicted molar refractivity (Wildman–Crippen MR) is 65.9 cm³/mol. The van der Waals surface area contributed by atoms with E-state index in [1.54, 1.807) is 0 Å². The molecule has 0 spiro atoms. The molecule has 2 heterocycles. The average molecular weight is 238 g/mol. The van der Waals surface area contributed by atoms with Crippen LogP contribution in [0.1, 0.15) is 31.0 Å². The highest BCUT2D eigenvalue weighted by molar-refractivity contribution is 4.83. The fourth-order valence-corrected chi connectivity index (χ4v) is 2.20. The first-order valence-corrected chi connectivity index (χ1v) is 6.57. The molecule has 0 aliphatic carbocycles. The van der Waals surface area contributed by atoms with Gasteiger partial charge in [-0.05, 0) is 52.4 Å². The lowest BCUT2D eigenvalue weighted by Crippen LogP contribution is -2.25. The molecule has 1 N–H and O–H groups in total. The van der Waals surface area contributed by atoms with Gasteiger partial charge in [0.25, 0.3) is 0 Å². The van der Waals surface area contributed by atoms with Crippen LogP contribution in [-0.4, -0.2) is 47.8 Å². The van der Waals surface area contributed by atoms with Crippen LogP contribution >= 0.6 is 0 Å². The molecule has 1 aromatic heterocycles. The van der Waals surface area contributed by atoms with Crippen LogP contribution in [0.3, 0.4) is 0 Å². The molecule has 5 nitrogen and oxygen atoms in total. The maximum Gasteiger partial charge on any atom is 0.227 e. The normalized spacial score (nSPS) is 16.8. The van der Waals surface area contributed by atoms with Crippen molar-refractivity contribution in [3.05, 3.63) is 11.7 Å². The van der Waals surface area contributed by atoms with Crippen molar-refractivity contribution in [1.29, 1.82) is 0 Å². The monoisotopic (exact) mass is 238 g/mol. The van der Waals surface area contributed by atoms with Gasteiger partial charge < -0.3 is 14.7 Å². The average Bonchev–Trinajstić information content (AvgIpc) is 2.95. The summed E-state index contributed by atoms with van der Waals surface area (Å²) in [6.07, 6.45) is 4.81. The van der Waals surface area contributed by atoms with E-state index in [9.17, 15) is 0 Å². The van der Waals surface area contributed by atoms with Crippen molar-refractivity contribution in [1.82, 2.24) is 20.4 Å². The van der Waals surface area contributed by atoms with Crippen molar-refractivity contribution in [2.45, 2.75) is 32.6 Å². The number of hydrogen-bond acceptors (Lipinski definition) is 5. The summed E-state index contributed by atoms with van der Waals surface area (Å²) in [5, 5.41) is 7.18. The molecule has 0 atom stereocenters. The molecule has 0 saturated carbocycles. The van der Waals surface area contributed by atoms with Gasteiger partial charge in [-0.3, -0.25) is 0 Å². The lowest BCUT2D eigenvalue weighted by atomic mass is 10.3. The zero-order chi connectivity index (χ0) is 11.9. The summed E-state index contributed by atoms with van der Waals surface area (Å²) in [6.45, 7) is 7.65. The lowest BCUT2D eigenvalue weighted by molar-refractivity contribution is 0.330. The summed E-state index contributed by atoms with van der Waals surface area (Å²) in [6, 6.07) is 0. The van der Waals surface area contributed by atoms with E-state index in [4.69, 9.17) is 4.52 Å². The van der Waals surface area contributed by atoms with Crippen LogP contribution in [0.4, 0.5) is 0 Å². The summed E-state index contributed by atoms with van der Waals surface area (Å²) >= 11 is 0. The minimum Gasteiger partial charge on any atom is -0.339 e. The van der Waals surface area contributed by atoms with Gasteiger partial charge in [-0.2, -0.15) is 4.98 Å². The highest BCUT2D eigenvalue weighted by Crippen LogP contribution is 2.06. The van der Waals surface area contributed by atoms with Gasteiger partial charge in [0, 0.05) is 13.0 Å². The number of nitrogens with zero attached hydrogens (tertiary/aromatic N) is 3. The smallest absolute Gasteiger partial charge is 0.227 e. The lowest BCUT2D eigenvalue weighted by Gasteiger charge is -2.13. The van der Waals surface area contributed by atoms with Crippen LogP contribution in [-0.2, 0) is 6.42 Å². The van der Waals surface area contributed by atoms with Crippen molar-refractivity contribution in [2.75, 3.05) is 32.7 Å². The number of likely N-dealkylation sites (tertiary alicyclic amines) is 1. The Morgan fingerprint density at radius 2 is 2.12 bits per heavy atom. The molecule has 1 aliphatic heterocycles. The van der Waals surface area contributed by atoms with Crippen molar-refractivity contribution in [3.8, 4) is 0 Å². The zero-order valence-electron chi connectivity index (χ0n) is 10.6. The van der Waals surface area contributed by atoms with E-state index in [0.29, 0.717) is 5.82 Å². The summed E-state index contributed by atoms with van der Waals surface area (Å²) in [5.74, 6) is 1.45. The molecule has 1 saturated heterocycles. The molecule has 1 aliphatic rings. The van der Waals surface area contributed by atoms with Gasteiger partial charge in [-0.25, -0.2) is 0 Å². The first-order chi connectivity index (χ1) is 8.34. The van der Waals surface area contributed by atoms with Gasteiger partial charge in [0.15, 0.2) is 5.82 Å². The Balaban J connectivity index is 1.46. The SMILES string of the molecule is Cc1noc(CCNCCCN2CCCC2)n1. The van der Waals surface area contributed by atoms with Crippen LogP contribution in [0.15, 0.2) is 4.52 Å². The van der Waals surface area contributed by atoms with Crippen LogP contribution in [0, 0.1) is 6.92 Å². The molecule has 0 aromatic carbocycles. The largest absolute Gasteiger partial charge is 0.339 e. The van der Waals surface area contributed by atoms with Crippen molar-refractivity contribution < 1.29 is 4.52 Å². The zero-order valence-corrected chi connectivity index (χ0v) is 10.6. The van der Waals surface area contributed by atoms with Crippen molar-refractivity contribution >= 4 is 0 Å². The molecule has 1 aromatic rings. The third-order valence-corrected chi connectivity index (χ3v) is 3.11.